The van der Waals surface area contributed by atoms with Crippen LogP contribution in [0.15, 0.2) is 0 Å². The van der Waals surface area contributed by atoms with Gasteiger partial charge in [0.25, 0.3) is 0 Å². The Hall–Kier alpha value is -0.940. The van der Waals surface area contributed by atoms with E-state index in [9.17, 15) is 4.79 Å². The van der Waals surface area contributed by atoms with E-state index in [4.69, 9.17) is 0 Å². The van der Waals surface area contributed by atoms with Crippen molar-refractivity contribution < 1.29 is 4.79 Å². The Morgan fingerprint density at radius 2 is 1.90 bits per heavy atom. The molecule has 1 unspecified atom stereocenters. The molecule has 1 saturated heterocycles. The van der Waals surface area contributed by atoms with Crippen molar-refractivity contribution in [3.8, 4) is 0 Å². The van der Waals surface area contributed by atoms with E-state index in [0.717, 1.165) is 30.9 Å². The van der Waals surface area contributed by atoms with Crippen molar-refractivity contribution in [1.29, 1.82) is 0 Å². The van der Waals surface area contributed by atoms with E-state index in [1.807, 2.05) is 18.7 Å². The van der Waals surface area contributed by atoms with Crippen LogP contribution in [-0.2, 0) is 4.79 Å². The maximum atomic E-state index is 12.0. The lowest BCUT2D eigenvalue weighted by Crippen LogP contribution is -2.46. The minimum Gasteiger partial charge on any atom is -0.342 e. The highest BCUT2D eigenvalue weighted by Gasteiger charge is 2.25. The number of aromatic nitrogens is 1. The molecule has 4 nitrogen and oxygen atoms in total. The smallest absolute Gasteiger partial charge is 0.225 e. The Balaban J connectivity index is 1.86. The number of thiazole rings is 1. The molecule has 0 aromatic carbocycles. The molecular formula is C16H27N3OS. The SMILES string of the molecule is Cc1nc(C(C)NC2CCN(C(=O)C(C)C)CC2)c(C)s1. The van der Waals surface area contributed by atoms with Crippen LogP contribution in [0, 0.1) is 19.8 Å². The van der Waals surface area contributed by atoms with Crippen LogP contribution >= 0.6 is 11.3 Å². The number of hydrogen-bond donors (Lipinski definition) is 1. The van der Waals surface area contributed by atoms with Gasteiger partial charge in [-0.2, -0.15) is 0 Å². The summed E-state index contributed by atoms with van der Waals surface area (Å²) in [6.45, 7) is 12.1. The van der Waals surface area contributed by atoms with E-state index in [1.54, 1.807) is 11.3 Å². The molecule has 0 aliphatic carbocycles. The normalized spacial score (nSPS) is 18.3. The van der Waals surface area contributed by atoms with Crippen LogP contribution in [0.25, 0.3) is 0 Å². The zero-order chi connectivity index (χ0) is 15.6. The van der Waals surface area contributed by atoms with Crippen LogP contribution in [0.2, 0.25) is 0 Å². The average molecular weight is 309 g/mol. The van der Waals surface area contributed by atoms with Crippen molar-refractivity contribution in [2.75, 3.05) is 13.1 Å². The van der Waals surface area contributed by atoms with Gasteiger partial charge in [-0.25, -0.2) is 4.98 Å². The second-order valence-electron chi connectivity index (χ2n) is 6.32. The number of likely N-dealkylation sites (tertiary alicyclic amines) is 1. The summed E-state index contributed by atoms with van der Waals surface area (Å²) in [4.78, 5) is 19.9. The summed E-state index contributed by atoms with van der Waals surface area (Å²) < 4.78 is 0. The maximum Gasteiger partial charge on any atom is 0.225 e. The monoisotopic (exact) mass is 309 g/mol. The van der Waals surface area contributed by atoms with E-state index in [2.05, 4.69) is 31.1 Å². The van der Waals surface area contributed by atoms with Crippen molar-refractivity contribution >= 4 is 17.2 Å². The molecule has 0 radical (unpaired) electrons. The summed E-state index contributed by atoms with van der Waals surface area (Å²) in [5.41, 5.74) is 1.18. The van der Waals surface area contributed by atoms with E-state index in [0.29, 0.717) is 6.04 Å². The lowest BCUT2D eigenvalue weighted by atomic mass is 10.0. The zero-order valence-electron chi connectivity index (χ0n) is 13.8. The van der Waals surface area contributed by atoms with Crippen LogP contribution in [0.3, 0.4) is 0 Å². The van der Waals surface area contributed by atoms with Gasteiger partial charge in [0.1, 0.15) is 0 Å². The van der Waals surface area contributed by atoms with Gasteiger partial charge >= 0.3 is 0 Å². The molecule has 21 heavy (non-hydrogen) atoms. The molecule has 118 valence electrons. The summed E-state index contributed by atoms with van der Waals surface area (Å²) in [7, 11) is 0. The summed E-state index contributed by atoms with van der Waals surface area (Å²) >= 11 is 1.76. The van der Waals surface area contributed by atoms with Gasteiger partial charge in [-0.1, -0.05) is 13.8 Å². The molecule has 1 aliphatic rings. The Morgan fingerprint density at radius 1 is 1.29 bits per heavy atom. The molecule has 1 aliphatic heterocycles. The van der Waals surface area contributed by atoms with Gasteiger partial charge in [0.05, 0.1) is 10.7 Å². The minimum absolute atomic E-state index is 0.106. The number of aryl methyl sites for hydroxylation is 2. The van der Waals surface area contributed by atoms with Gasteiger partial charge in [-0.05, 0) is 33.6 Å². The van der Waals surface area contributed by atoms with E-state index in [-0.39, 0.29) is 17.9 Å². The Morgan fingerprint density at radius 3 is 2.38 bits per heavy atom. The molecule has 1 N–H and O–H groups in total. The third-order valence-electron chi connectivity index (χ3n) is 4.14. The van der Waals surface area contributed by atoms with Gasteiger partial charge in [-0.15, -0.1) is 11.3 Å². The fourth-order valence-electron chi connectivity index (χ4n) is 3.01. The Kier molecular flexibility index (Phi) is 5.38. The van der Waals surface area contributed by atoms with Crippen LogP contribution in [0.1, 0.15) is 55.2 Å². The highest BCUT2D eigenvalue weighted by molar-refractivity contribution is 7.11. The number of nitrogens with zero attached hydrogens (tertiary/aromatic N) is 2. The lowest BCUT2D eigenvalue weighted by Gasteiger charge is -2.34. The summed E-state index contributed by atoms with van der Waals surface area (Å²) in [5, 5.41) is 4.82. The number of piperidine rings is 1. The molecule has 1 aromatic heterocycles. The predicted molar refractivity (Wildman–Crippen MR) is 87.6 cm³/mol. The molecular weight excluding hydrogens is 282 g/mol. The van der Waals surface area contributed by atoms with Gasteiger partial charge in [0.2, 0.25) is 5.91 Å². The van der Waals surface area contributed by atoms with Crippen molar-refractivity contribution in [1.82, 2.24) is 15.2 Å². The van der Waals surface area contributed by atoms with Crippen LogP contribution < -0.4 is 5.32 Å². The number of amides is 1. The molecule has 2 rings (SSSR count). The second kappa shape index (κ2) is 6.88. The topological polar surface area (TPSA) is 45.2 Å². The summed E-state index contributed by atoms with van der Waals surface area (Å²) in [6.07, 6.45) is 2.07. The van der Waals surface area contributed by atoms with Crippen LogP contribution in [-0.4, -0.2) is 34.9 Å². The Bertz CT molecular complexity index is 490. The first kappa shape index (κ1) is 16.4. The van der Waals surface area contributed by atoms with Crippen molar-refractivity contribution in [2.24, 2.45) is 5.92 Å². The number of carbonyl (C=O) groups excluding carboxylic acids is 1. The van der Waals surface area contributed by atoms with Crippen molar-refractivity contribution in [3.63, 3.8) is 0 Å². The molecule has 1 atom stereocenters. The number of carbonyl (C=O) groups is 1. The van der Waals surface area contributed by atoms with E-state index >= 15 is 0 Å². The zero-order valence-corrected chi connectivity index (χ0v) is 14.6. The fraction of sp³-hybridized carbons (Fsp3) is 0.750. The van der Waals surface area contributed by atoms with Gasteiger partial charge < -0.3 is 10.2 Å². The molecule has 0 spiro atoms. The molecule has 2 heterocycles. The van der Waals surface area contributed by atoms with Gasteiger partial charge in [0, 0.05) is 36.0 Å². The first-order valence-corrected chi connectivity index (χ1v) is 8.69. The van der Waals surface area contributed by atoms with Gasteiger partial charge in [0.15, 0.2) is 0 Å². The van der Waals surface area contributed by atoms with Crippen molar-refractivity contribution in [3.05, 3.63) is 15.6 Å². The minimum atomic E-state index is 0.106. The largest absolute Gasteiger partial charge is 0.342 e. The van der Waals surface area contributed by atoms with Crippen molar-refractivity contribution in [2.45, 2.75) is 59.5 Å². The average Bonchev–Trinajstić information content (AvgIpc) is 2.77. The standard InChI is InChI=1S/C16H27N3OS/c1-10(2)16(20)19-8-6-14(7-9-19)17-11(3)15-12(4)21-13(5)18-15/h10-11,14,17H,6-9H2,1-5H3. The summed E-state index contributed by atoms with van der Waals surface area (Å²) in [6, 6.07) is 0.768. The number of rotatable bonds is 4. The molecule has 1 aromatic rings. The molecule has 5 heteroatoms. The predicted octanol–water partition coefficient (Wildman–Crippen LogP) is 3.06. The summed E-state index contributed by atoms with van der Waals surface area (Å²) in [5.74, 6) is 0.390. The molecule has 0 bridgehead atoms. The lowest BCUT2D eigenvalue weighted by molar-refractivity contribution is -0.135. The third-order valence-corrected chi connectivity index (χ3v) is 5.04. The maximum absolute atomic E-state index is 12.0. The first-order valence-electron chi connectivity index (χ1n) is 7.87. The quantitative estimate of drug-likeness (QED) is 0.930. The fourth-order valence-corrected chi connectivity index (χ4v) is 3.93. The van der Waals surface area contributed by atoms with Crippen LogP contribution in [0.4, 0.5) is 0 Å². The first-order chi connectivity index (χ1) is 9.88. The van der Waals surface area contributed by atoms with Gasteiger partial charge in [-0.3, -0.25) is 4.79 Å². The number of hydrogen-bond acceptors (Lipinski definition) is 4. The highest BCUT2D eigenvalue weighted by atomic mass is 32.1. The molecule has 1 amide bonds. The molecule has 0 saturated carbocycles. The molecule has 1 fully saturated rings. The second-order valence-corrected chi connectivity index (χ2v) is 7.72. The highest BCUT2D eigenvalue weighted by Crippen LogP contribution is 2.24. The third kappa shape index (κ3) is 4.04. The Labute approximate surface area is 132 Å². The van der Waals surface area contributed by atoms with E-state index in [1.165, 1.54) is 10.6 Å². The van der Waals surface area contributed by atoms with Crippen LogP contribution in [0.5, 0.6) is 0 Å². The van der Waals surface area contributed by atoms with E-state index < -0.39 is 0 Å². The number of nitrogens with one attached hydrogen (secondary N) is 1.